The third-order valence-electron chi connectivity index (χ3n) is 3.71. The van der Waals surface area contributed by atoms with Crippen molar-refractivity contribution in [1.29, 1.82) is 0 Å². The summed E-state index contributed by atoms with van der Waals surface area (Å²) in [4.78, 5) is 2.50. The van der Waals surface area contributed by atoms with Crippen molar-refractivity contribution >= 4 is 0 Å². The lowest BCUT2D eigenvalue weighted by Gasteiger charge is -2.43. The number of aliphatic hydroxyl groups is 1. The molecule has 0 aliphatic carbocycles. The average Bonchev–Trinajstić information content (AvgIpc) is 2.30. The highest BCUT2D eigenvalue weighted by Crippen LogP contribution is 2.22. The lowest BCUT2D eigenvalue weighted by atomic mass is 9.87. The summed E-state index contributed by atoms with van der Waals surface area (Å²) in [6.45, 7) is 8.57. The van der Waals surface area contributed by atoms with Gasteiger partial charge in [0.25, 0.3) is 0 Å². The molecule has 0 radical (unpaired) electrons. The Bertz CT molecular complexity index is 189. The number of nitrogens with one attached hydrogen (secondary N) is 1. The van der Waals surface area contributed by atoms with Crippen molar-refractivity contribution in [1.82, 2.24) is 10.2 Å². The first-order valence-electron chi connectivity index (χ1n) is 6.43. The van der Waals surface area contributed by atoms with Crippen molar-refractivity contribution in [3.05, 3.63) is 0 Å². The molecule has 1 aliphatic rings. The molecular weight excluding hydrogens is 202 g/mol. The van der Waals surface area contributed by atoms with Crippen molar-refractivity contribution in [3.63, 3.8) is 0 Å². The molecule has 0 aromatic heterocycles. The first kappa shape index (κ1) is 13.9. The molecule has 1 fully saturated rings. The second-order valence-electron chi connectivity index (χ2n) is 5.12. The van der Waals surface area contributed by atoms with E-state index in [0.717, 1.165) is 38.9 Å². The number of likely N-dealkylation sites (tertiary alicyclic amines) is 1. The Morgan fingerprint density at radius 3 is 2.44 bits per heavy atom. The molecule has 4 N–H and O–H groups in total. The number of rotatable bonds is 6. The average molecular weight is 229 g/mol. The zero-order valence-corrected chi connectivity index (χ0v) is 10.7. The van der Waals surface area contributed by atoms with E-state index in [1.807, 2.05) is 0 Å². The molecule has 16 heavy (non-hydrogen) atoms. The first-order chi connectivity index (χ1) is 7.63. The van der Waals surface area contributed by atoms with Crippen molar-refractivity contribution in [3.8, 4) is 0 Å². The number of nitrogens with two attached hydrogens (primary N) is 1. The van der Waals surface area contributed by atoms with Gasteiger partial charge in [0.1, 0.15) is 0 Å². The molecule has 0 spiro atoms. The molecule has 1 rings (SSSR count). The molecular formula is C12H27N3O. The van der Waals surface area contributed by atoms with Crippen LogP contribution in [0.3, 0.4) is 0 Å². The van der Waals surface area contributed by atoms with Crippen molar-refractivity contribution < 1.29 is 5.11 Å². The summed E-state index contributed by atoms with van der Waals surface area (Å²) in [6, 6.07) is 0.633. The predicted octanol–water partition coefficient (Wildman–Crippen LogP) is 0.160. The predicted molar refractivity (Wildman–Crippen MR) is 67.4 cm³/mol. The zero-order valence-electron chi connectivity index (χ0n) is 10.7. The van der Waals surface area contributed by atoms with Gasteiger partial charge in [0, 0.05) is 37.8 Å². The van der Waals surface area contributed by atoms with E-state index < -0.39 is 0 Å². The summed E-state index contributed by atoms with van der Waals surface area (Å²) < 4.78 is 0. The minimum Gasteiger partial charge on any atom is -0.396 e. The van der Waals surface area contributed by atoms with Gasteiger partial charge in [-0.15, -0.1) is 0 Å². The molecule has 1 heterocycles. The lowest BCUT2D eigenvalue weighted by molar-refractivity contribution is 0.113. The van der Waals surface area contributed by atoms with E-state index in [0.29, 0.717) is 12.6 Å². The number of piperidine rings is 1. The summed E-state index contributed by atoms with van der Waals surface area (Å²) in [6.07, 6.45) is 3.05. The number of aliphatic hydroxyl groups excluding tert-OH is 1. The molecule has 0 amide bonds. The Balaban J connectivity index is 2.38. The second kappa shape index (κ2) is 6.55. The van der Waals surface area contributed by atoms with Crippen LogP contribution in [-0.2, 0) is 0 Å². The highest BCUT2D eigenvalue weighted by atomic mass is 16.3. The van der Waals surface area contributed by atoms with Gasteiger partial charge in [0.2, 0.25) is 0 Å². The summed E-state index contributed by atoms with van der Waals surface area (Å²) in [5, 5.41) is 12.3. The van der Waals surface area contributed by atoms with Crippen LogP contribution in [0.15, 0.2) is 0 Å². The fourth-order valence-electron chi connectivity index (χ4n) is 2.35. The molecule has 0 aromatic carbocycles. The van der Waals surface area contributed by atoms with Crippen LogP contribution >= 0.6 is 0 Å². The van der Waals surface area contributed by atoms with Gasteiger partial charge < -0.3 is 21.1 Å². The molecule has 0 saturated carbocycles. The van der Waals surface area contributed by atoms with E-state index in [2.05, 4.69) is 24.1 Å². The van der Waals surface area contributed by atoms with Crippen LogP contribution in [0.4, 0.5) is 0 Å². The third kappa shape index (κ3) is 3.70. The Kier molecular flexibility index (Phi) is 5.69. The standard InChI is InChI=1S/C12H27N3O/c1-11(2)15-7-4-12(10-13,5-8-15)14-6-3-9-16/h11,14,16H,3-10,13H2,1-2H3. The van der Waals surface area contributed by atoms with Gasteiger partial charge in [-0.2, -0.15) is 0 Å². The minimum atomic E-state index is 0.112. The van der Waals surface area contributed by atoms with Gasteiger partial charge in [-0.25, -0.2) is 0 Å². The molecule has 0 aromatic rings. The first-order valence-corrected chi connectivity index (χ1v) is 6.43. The van der Waals surface area contributed by atoms with E-state index >= 15 is 0 Å². The molecule has 96 valence electrons. The van der Waals surface area contributed by atoms with Crippen molar-refractivity contribution in [2.45, 2.75) is 44.7 Å². The maximum absolute atomic E-state index is 8.79. The Morgan fingerprint density at radius 1 is 1.38 bits per heavy atom. The van der Waals surface area contributed by atoms with Gasteiger partial charge in [-0.3, -0.25) is 0 Å². The summed E-state index contributed by atoms with van der Waals surface area (Å²) in [5.41, 5.74) is 6.01. The molecule has 1 saturated heterocycles. The largest absolute Gasteiger partial charge is 0.396 e. The molecule has 0 unspecified atom stereocenters. The van der Waals surface area contributed by atoms with Gasteiger partial charge in [-0.1, -0.05) is 0 Å². The normalized spacial score (nSPS) is 21.6. The fraction of sp³-hybridized carbons (Fsp3) is 1.00. The summed E-state index contributed by atoms with van der Waals surface area (Å²) >= 11 is 0. The van der Waals surface area contributed by atoms with Gasteiger partial charge in [0.05, 0.1) is 0 Å². The van der Waals surface area contributed by atoms with E-state index in [-0.39, 0.29) is 12.1 Å². The monoisotopic (exact) mass is 229 g/mol. The Labute approximate surface area is 99.2 Å². The summed E-state index contributed by atoms with van der Waals surface area (Å²) in [7, 11) is 0. The van der Waals surface area contributed by atoms with Crippen LogP contribution < -0.4 is 11.1 Å². The van der Waals surface area contributed by atoms with Gasteiger partial charge in [-0.05, 0) is 39.7 Å². The van der Waals surface area contributed by atoms with Crippen molar-refractivity contribution in [2.75, 3.05) is 32.8 Å². The smallest absolute Gasteiger partial charge is 0.0443 e. The maximum Gasteiger partial charge on any atom is 0.0443 e. The van der Waals surface area contributed by atoms with Crippen LogP contribution in [0.2, 0.25) is 0 Å². The van der Waals surface area contributed by atoms with Crippen LogP contribution in [-0.4, -0.2) is 54.4 Å². The van der Waals surface area contributed by atoms with Gasteiger partial charge in [0.15, 0.2) is 0 Å². The van der Waals surface area contributed by atoms with Crippen LogP contribution in [0, 0.1) is 0 Å². The van der Waals surface area contributed by atoms with E-state index in [1.54, 1.807) is 0 Å². The molecule has 4 heteroatoms. The van der Waals surface area contributed by atoms with Crippen molar-refractivity contribution in [2.24, 2.45) is 5.73 Å². The Hall–Kier alpha value is -0.160. The highest BCUT2D eigenvalue weighted by molar-refractivity contribution is 4.94. The quantitative estimate of drug-likeness (QED) is 0.568. The lowest BCUT2D eigenvalue weighted by Crippen LogP contribution is -2.58. The number of hydrogen-bond donors (Lipinski definition) is 3. The molecule has 0 atom stereocenters. The van der Waals surface area contributed by atoms with E-state index in [1.165, 1.54) is 0 Å². The highest BCUT2D eigenvalue weighted by Gasteiger charge is 2.33. The van der Waals surface area contributed by atoms with Gasteiger partial charge >= 0.3 is 0 Å². The van der Waals surface area contributed by atoms with Crippen LogP contribution in [0.25, 0.3) is 0 Å². The number of nitrogens with zero attached hydrogens (tertiary/aromatic N) is 1. The van der Waals surface area contributed by atoms with E-state index in [4.69, 9.17) is 10.8 Å². The fourth-order valence-corrected chi connectivity index (χ4v) is 2.35. The molecule has 0 bridgehead atoms. The van der Waals surface area contributed by atoms with Crippen LogP contribution in [0.5, 0.6) is 0 Å². The number of hydrogen-bond acceptors (Lipinski definition) is 4. The molecule has 4 nitrogen and oxygen atoms in total. The zero-order chi connectivity index (χ0) is 12.0. The SMILES string of the molecule is CC(C)N1CCC(CN)(NCCCO)CC1. The topological polar surface area (TPSA) is 61.5 Å². The Morgan fingerprint density at radius 2 is 2.00 bits per heavy atom. The molecule has 1 aliphatic heterocycles. The van der Waals surface area contributed by atoms with Crippen LogP contribution in [0.1, 0.15) is 33.1 Å². The summed E-state index contributed by atoms with van der Waals surface area (Å²) in [5.74, 6) is 0. The third-order valence-corrected chi connectivity index (χ3v) is 3.71. The second-order valence-corrected chi connectivity index (χ2v) is 5.12. The van der Waals surface area contributed by atoms with E-state index in [9.17, 15) is 0 Å². The minimum absolute atomic E-state index is 0.112. The maximum atomic E-state index is 8.79.